The maximum atomic E-state index is 13.6. The van der Waals surface area contributed by atoms with Crippen molar-refractivity contribution in [2.45, 2.75) is 108 Å². The SMILES string of the molecule is CC1(C)CC(c2nc([C@@H]3CCCC[C@H]3C(=O)NC3(C#N)CC3)c(-c3ccc(N4CCS(=O)(=O)CC4)cc3)s2)CC(C)(C)O1. The maximum absolute atomic E-state index is 13.6. The molecule has 8 nitrogen and oxygen atoms in total. The number of hydrogen-bond acceptors (Lipinski definition) is 8. The Morgan fingerprint density at radius 3 is 2.28 bits per heavy atom. The van der Waals surface area contributed by atoms with Crippen LogP contribution in [-0.2, 0) is 19.4 Å². The number of thiazole rings is 1. The molecule has 0 spiro atoms. The summed E-state index contributed by atoms with van der Waals surface area (Å²) in [4.78, 5) is 22.3. The van der Waals surface area contributed by atoms with E-state index in [0.717, 1.165) is 78.2 Å². The van der Waals surface area contributed by atoms with E-state index in [4.69, 9.17) is 9.72 Å². The molecule has 1 aromatic heterocycles. The van der Waals surface area contributed by atoms with Gasteiger partial charge in [-0.1, -0.05) is 25.0 Å². The second-order valence-corrected chi connectivity index (χ2v) is 17.7. The summed E-state index contributed by atoms with van der Waals surface area (Å²) in [7, 11) is -2.95. The quantitative estimate of drug-likeness (QED) is 0.423. The number of carbonyl (C=O) groups is 1. The lowest BCUT2D eigenvalue weighted by Gasteiger charge is -2.44. The number of nitrogens with one attached hydrogen (secondary N) is 1. The van der Waals surface area contributed by atoms with Gasteiger partial charge < -0.3 is 15.0 Å². The van der Waals surface area contributed by atoms with Crippen LogP contribution in [0.5, 0.6) is 0 Å². The molecule has 1 aromatic carbocycles. The van der Waals surface area contributed by atoms with E-state index in [9.17, 15) is 18.5 Å². The van der Waals surface area contributed by atoms with Gasteiger partial charge in [0, 0.05) is 36.5 Å². The third-order valence-electron chi connectivity index (χ3n) is 9.67. The van der Waals surface area contributed by atoms with Crippen LogP contribution < -0.4 is 10.2 Å². The molecule has 10 heteroatoms. The number of benzene rings is 1. The summed E-state index contributed by atoms with van der Waals surface area (Å²) in [5, 5.41) is 13.8. The molecule has 1 N–H and O–H groups in total. The van der Waals surface area contributed by atoms with Crippen molar-refractivity contribution in [3.05, 3.63) is 35.0 Å². The highest BCUT2D eigenvalue weighted by molar-refractivity contribution is 7.91. The van der Waals surface area contributed by atoms with E-state index in [-0.39, 0.29) is 46.4 Å². The van der Waals surface area contributed by atoms with Gasteiger partial charge in [-0.3, -0.25) is 4.79 Å². The highest BCUT2D eigenvalue weighted by atomic mass is 32.2. The summed E-state index contributed by atoms with van der Waals surface area (Å²) in [5.74, 6) is 0.421. The normalized spacial score (nSPS) is 27.7. The molecule has 2 aromatic rings. The Morgan fingerprint density at radius 1 is 1.05 bits per heavy atom. The predicted molar refractivity (Wildman–Crippen MR) is 170 cm³/mol. The van der Waals surface area contributed by atoms with Crippen molar-refractivity contribution in [2.75, 3.05) is 29.5 Å². The third-order valence-corrected chi connectivity index (χ3v) is 12.6. The molecule has 232 valence electrons. The van der Waals surface area contributed by atoms with Gasteiger partial charge >= 0.3 is 0 Å². The number of nitrogens with zero attached hydrogens (tertiary/aromatic N) is 3. The molecule has 6 rings (SSSR count). The number of anilines is 1. The van der Waals surface area contributed by atoms with Gasteiger partial charge in [-0.25, -0.2) is 13.4 Å². The van der Waals surface area contributed by atoms with E-state index in [2.05, 4.69) is 68.2 Å². The summed E-state index contributed by atoms with van der Waals surface area (Å²) in [6.07, 6.45) is 6.99. The van der Waals surface area contributed by atoms with Crippen molar-refractivity contribution in [3.8, 4) is 16.5 Å². The molecule has 43 heavy (non-hydrogen) atoms. The van der Waals surface area contributed by atoms with Gasteiger partial charge in [0.15, 0.2) is 9.84 Å². The van der Waals surface area contributed by atoms with E-state index < -0.39 is 15.4 Å². The van der Waals surface area contributed by atoms with E-state index in [0.29, 0.717) is 13.1 Å². The minimum atomic E-state index is -2.95. The number of nitriles is 1. The van der Waals surface area contributed by atoms with Gasteiger partial charge in [0.05, 0.1) is 44.4 Å². The number of amides is 1. The minimum Gasteiger partial charge on any atom is -0.370 e. The van der Waals surface area contributed by atoms with Gasteiger partial charge in [-0.05, 0) is 83.9 Å². The van der Waals surface area contributed by atoms with Crippen LogP contribution in [0.4, 0.5) is 5.69 Å². The summed E-state index contributed by atoms with van der Waals surface area (Å²) >= 11 is 1.76. The zero-order valence-corrected chi connectivity index (χ0v) is 27.5. The van der Waals surface area contributed by atoms with E-state index in [1.165, 1.54) is 0 Å². The first-order valence-electron chi connectivity index (χ1n) is 15.8. The molecule has 0 radical (unpaired) electrons. The van der Waals surface area contributed by atoms with Crippen LogP contribution in [0.25, 0.3) is 10.4 Å². The lowest BCUT2D eigenvalue weighted by atomic mass is 9.76. The highest BCUT2D eigenvalue weighted by Crippen LogP contribution is 2.50. The second-order valence-electron chi connectivity index (χ2n) is 14.4. The minimum absolute atomic E-state index is 0.00363. The van der Waals surface area contributed by atoms with Gasteiger partial charge in [0.25, 0.3) is 0 Å². The predicted octanol–water partition coefficient (Wildman–Crippen LogP) is 5.94. The van der Waals surface area contributed by atoms with E-state index in [1.807, 2.05) is 0 Å². The summed E-state index contributed by atoms with van der Waals surface area (Å²) < 4.78 is 30.3. The maximum Gasteiger partial charge on any atom is 0.225 e. The second kappa shape index (κ2) is 11.1. The fourth-order valence-corrected chi connectivity index (χ4v) is 9.97. The third kappa shape index (κ3) is 6.64. The van der Waals surface area contributed by atoms with Crippen LogP contribution >= 0.6 is 11.3 Å². The fraction of sp³-hybridized carbons (Fsp3) is 0.667. The molecular weight excluding hydrogens is 581 g/mol. The number of hydrogen-bond donors (Lipinski definition) is 1. The van der Waals surface area contributed by atoms with Crippen LogP contribution in [0.1, 0.15) is 102 Å². The highest BCUT2D eigenvalue weighted by Gasteiger charge is 2.47. The molecule has 0 unspecified atom stereocenters. The van der Waals surface area contributed by atoms with Crippen molar-refractivity contribution in [2.24, 2.45) is 5.92 Å². The van der Waals surface area contributed by atoms with Gasteiger partial charge in [-0.15, -0.1) is 11.3 Å². The topological polar surface area (TPSA) is 112 Å². The number of aromatic nitrogens is 1. The number of carbonyl (C=O) groups excluding carboxylic acids is 1. The van der Waals surface area contributed by atoms with Gasteiger partial charge in [-0.2, -0.15) is 5.26 Å². The van der Waals surface area contributed by atoms with Crippen LogP contribution in [0.3, 0.4) is 0 Å². The molecule has 2 aliphatic carbocycles. The van der Waals surface area contributed by atoms with Crippen LogP contribution in [0, 0.1) is 17.2 Å². The zero-order chi connectivity index (χ0) is 30.6. The van der Waals surface area contributed by atoms with Crippen molar-refractivity contribution in [3.63, 3.8) is 0 Å². The van der Waals surface area contributed by atoms with Crippen LogP contribution in [-0.4, -0.2) is 60.6 Å². The Hall–Kier alpha value is -2.48. The van der Waals surface area contributed by atoms with Crippen molar-refractivity contribution < 1.29 is 17.9 Å². The first-order chi connectivity index (χ1) is 20.3. The lowest BCUT2D eigenvalue weighted by Crippen LogP contribution is -2.44. The van der Waals surface area contributed by atoms with E-state index >= 15 is 0 Å². The molecular formula is C33H44N4O4S2. The molecule has 2 aliphatic heterocycles. The summed E-state index contributed by atoms with van der Waals surface area (Å²) in [5.41, 5.74) is 1.92. The lowest BCUT2D eigenvalue weighted by molar-refractivity contribution is -0.161. The van der Waals surface area contributed by atoms with E-state index in [1.54, 1.807) is 11.3 Å². The standard InChI is InChI=1S/C33H44N4O4S2/c1-31(2)19-23(20-32(3,4)41-31)30-35-27(25-7-5-6-8-26(25)29(38)36-33(21-34)13-14-33)28(42-30)22-9-11-24(12-10-22)37-15-17-43(39,40)18-16-37/h9-12,23,25-26H,5-8,13-20H2,1-4H3,(H,36,38)/t25-,26-/m1/s1. The zero-order valence-electron chi connectivity index (χ0n) is 25.8. The van der Waals surface area contributed by atoms with Crippen molar-refractivity contribution >= 4 is 32.8 Å². The number of rotatable bonds is 6. The first-order valence-corrected chi connectivity index (χ1v) is 18.4. The fourth-order valence-electron chi connectivity index (χ4n) is 7.53. The molecule has 0 bridgehead atoms. The van der Waals surface area contributed by atoms with Gasteiger partial charge in [0.1, 0.15) is 5.54 Å². The van der Waals surface area contributed by atoms with Crippen molar-refractivity contribution in [1.82, 2.24) is 10.3 Å². The Bertz CT molecular complexity index is 1490. The molecule has 3 heterocycles. The first kappa shape index (κ1) is 30.5. The number of sulfone groups is 1. The van der Waals surface area contributed by atoms with Crippen LogP contribution in [0.2, 0.25) is 0 Å². The average molecular weight is 625 g/mol. The largest absolute Gasteiger partial charge is 0.370 e. The average Bonchev–Trinajstić information content (AvgIpc) is 3.57. The Morgan fingerprint density at radius 2 is 1.67 bits per heavy atom. The van der Waals surface area contributed by atoms with Crippen LogP contribution in [0.15, 0.2) is 24.3 Å². The summed E-state index contributed by atoms with van der Waals surface area (Å²) in [6.45, 7) is 9.65. The smallest absolute Gasteiger partial charge is 0.225 e. The number of ether oxygens (including phenoxy) is 1. The molecule has 1 amide bonds. The van der Waals surface area contributed by atoms with Gasteiger partial charge in [0.2, 0.25) is 5.91 Å². The Balaban J connectivity index is 1.35. The molecule has 4 aliphatic rings. The molecule has 2 saturated carbocycles. The Labute approximate surface area is 260 Å². The molecule has 4 fully saturated rings. The summed E-state index contributed by atoms with van der Waals surface area (Å²) in [6, 6.07) is 10.8. The van der Waals surface area contributed by atoms with Crippen molar-refractivity contribution in [1.29, 1.82) is 5.26 Å². The molecule has 2 saturated heterocycles. The Kier molecular flexibility index (Phi) is 7.92. The monoisotopic (exact) mass is 624 g/mol. The molecule has 2 atom stereocenters.